The summed E-state index contributed by atoms with van der Waals surface area (Å²) in [5, 5.41) is 13.2. The van der Waals surface area contributed by atoms with Crippen LogP contribution in [0.15, 0.2) is 46.3 Å². The zero-order valence-corrected chi connectivity index (χ0v) is 15.0. The zero-order valence-electron chi connectivity index (χ0n) is 14.2. The van der Waals surface area contributed by atoms with Crippen LogP contribution >= 0.6 is 11.8 Å². The van der Waals surface area contributed by atoms with Crippen LogP contribution < -0.4 is 10.1 Å². The van der Waals surface area contributed by atoms with E-state index in [4.69, 9.17) is 4.74 Å². The van der Waals surface area contributed by atoms with E-state index in [1.807, 2.05) is 32.0 Å². The minimum atomic E-state index is -0.204. The predicted octanol–water partition coefficient (Wildman–Crippen LogP) is 3.91. The second-order valence-corrected chi connectivity index (χ2v) is 6.73. The summed E-state index contributed by atoms with van der Waals surface area (Å²) in [7, 11) is 1.49. The number of thioether (sulfide) groups is 1. The van der Waals surface area contributed by atoms with E-state index in [0.717, 1.165) is 16.8 Å². The van der Waals surface area contributed by atoms with Crippen molar-refractivity contribution in [1.82, 2.24) is 5.32 Å². The van der Waals surface area contributed by atoms with Crippen LogP contribution in [-0.2, 0) is 4.79 Å². The Hall–Kier alpha value is -2.73. The van der Waals surface area contributed by atoms with E-state index in [9.17, 15) is 9.90 Å². The molecule has 25 heavy (non-hydrogen) atoms. The summed E-state index contributed by atoms with van der Waals surface area (Å²) >= 11 is 1.28. The summed E-state index contributed by atoms with van der Waals surface area (Å²) in [5.41, 5.74) is 3.71. The van der Waals surface area contributed by atoms with E-state index >= 15 is 0 Å². The smallest absolute Gasteiger partial charge is 0.264 e. The maximum Gasteiger partial charge on any atom is 0.264 e. The Bertz CT molecular complexity index is 904. The number of aliphatic imine (C=N–C) groups is 1. The highest BCUT2D eigenvalue weighted by molar-refractivity contribution is 8.18. The Labute approximate surface area is 150 Å². The van der Waals surface area contributed by atoms with Gasteiger partial charge in [0.15, 0.2) is 16.7 Å². The largest absolute Gasteiger partial charge is 0.504 e. The van der Waals surface area contributed by atoms with Crippen LogP contribution in [0.25, 0.3) is 6.08 Å². The number of ether oxygens (including phenoxy) is 1. The number of hydrogen-bond acceptors (Lipinski definition) is 5. The van der Waals surface area contributed by atoms with Crippen molar-refractivity contribution in [2.24, 2.45) is 4.99 Å². The molecule has 5 nitrogen and oxygen atoms in total. The summed E-state index contributed by atoms with van der Waals surface area (Å²) < 4.78 is 5.02. The summed E-state index contributed by atoms with van der Waals surface area (Å²) in [4.78, 5) is 17.2. The van der Waals surface area contributed by atoms with Gasteiger partial charge in [0.2, 0.25) is 0 Å². The second kappa shape index (κ2) is 7.03. The lowest BCUT2D eigenvalue weighted by molar-refractivity contribution is -0.115. The van der Waals surface area contributed by atoms with Crippen molar-refractivity contribution < 1.29 is 14.6 Å². The number of amidine groups is 1. The number of rotatable bonds is 3. The number of aryl methyl sites for hydroxylation is 2. The second-order valence-electron chi connectivity index (χ2n) is 5.70. The summed E-state index contributed by atoms with van der Waals surface area (Å²) in [6.07, 6.45) is 1.71. The van der Waals surface area contributed by atoms with E-state index in [2.05, 4.69) is 10.3 Å². The minimum absolute atomic E-state index is 0.0320. The van der Waals surface area contributed by atoms with Gasteiger partial charge in [-0.1, -0.05) is 18.2 Å². The average molecular weight is 354 g/mol. The van der Waals surface area contributed by atoms with Crippen molar-refractivity contribution in [3.8, 4) is 11.5 Å². The molecule has 0 aromatic heterocycles. The summed E-state index contributed by atoms with van der Waals surface area (Å²) in [5.74, 6) is 0.219. The molecule has 6 heteroatoms. The molecule has 0 unspecified atom stereocenters. The molecule has 3 rings (SSSR count). The first kappa shape index (κ1) is 17.1. The monoisotopic (exact) mass is 354 g/mol. The molecule has 1 fully saturated rings. The van der Waals surface area contributed by atoms with Gasteiger partial charge >= 0.3 is 0 Å². The fraction of sp³-hybridized carbons (Fsp3) is 0.158. The van der Waals surface area contributed by atoms with Gasteiger partial charge in [-0.3, -0.25) is 4.79 Å². The molecule has 128 valence electrons. The number of benzene rings is 2. The highest BCUT2D eigenvalue weighted by Gasteiger charge is 2.24. The van der Waals surface area contributed by atoms with Crippen LogP contribution in [0.3, 0.4) is 0 Å². The minimum Gasteiger partial charge on any atom is -0.504 e. The van der Waals surface area contributed by atoms with Crippen LogP contribution in [0.5, 0.6) is 11.5 Å². The van der Waals surface area contributed by atoms with Gasteiger partial charge in [0.25, 0.3) is 5.91 Å². The SMILES string of the molecule is COc1ccc(/C=C2\SC(=Nc3cc(C)ccc3C)NC2=O)cc1O. The average Bonchev–Trinajstić information content (AvgIpc) is 2.90. The Morgan fingerprint density at radius 1 is 1.20 bits per heavy atom. The van der Waals surface area contributed by atoms with E-state index in [1.54, 1.807) is 24.3 Å². The molecule has 2 aromatic carbocycles. The van der Waals surface area contributed by atoms with Gasteiger partial charge in [0.05, 0.1) is 17.7 Å². The van der Waals surface area contributed by atoms with Crippen molar-refractivity contribution in [1.29, 1.82) is 0 Å². The third-order valence-corrected chi connectivity index (χ3v) is 4.65. The van der Waals surface area contributed by atoms with Crippen molar-refractivity contribution in [2.75, 3.05) is 7.11 Å². The fourth-order valence-electron chi connectivity index (χ4n) is 2.38. The molecule has 0 aliphatic carbocycles. The molecule has 1 aliphatic heterocycles. The van der Waals surface area contributed by atoms with E-state index in [-0.39, 0.29) is 11.7 Å². The third-order valence-electron chi connectivity index (χ3n) is 3.74. The molecule has 2 N–H and O–H groups in total. The molecule has 1 heterocycles. The lowest BCUT2D eigenvalue weighted by Gasteiger charge is -2.03. The molecule has 2 aromatic rings. The number of carbonyl (C=O) groups is 1. The van der Waals surface area contributed by atoms with Crippen LogP contribution in [0.2, 0.25) is 0 Å². The lowest BCUT2D eigenvalue weighted by Crippen LogP contribution is -2.19. The van der Waals surface area contributed by atoms with Crippen molar-refractivity contribution in [3.63, 3.8) is 0 Å². The van der Waals surface area contributed by atoms with E-state index < -0.39 is 0 Å². The van der Waals surface area contributed by atoms with Gasteiger partial charge in [-0.05, 0) is 66.6 Å². The first-order valence-corrected chi connectivity index (χ1v) is 8.52. The number of phenolic OH excluding ortho intramolecular Hbond substituents is 1. The first-order chi connectivity index (χ1) is 12.0. The number of hydrogen-bond donors (Lipinski definition) is 2. The number of phenols is 1. The molecule has 1 saturated heterocycles. The van der Waals surface area contributed by atoms with E-state index in [0.29, 0.717) is 21.4 Å². The quantitative estimate of drug-likeness (QED) is 0.820. The molecule has 1 aliphatic rings. The number of nitrogens with one attached hydrogen (secondary N) is 1. The molecule has 0 radical (unpaired) electrons. The van der Waals surface area contributed by atoms with Crippen LogP contribution in [-0.4, -0.2) is 23.3 Å². The molecule has 0 spiro atoms. The van der Waals surface area contributed by atoms with Crippen LogP contribution in [0.1, 0.15) is 16.7 Å². The van der Waals surface area contributed by atoms with Crippen LogP contribution in [0.4, 0.5) is 5.69 Å². The molecular weight excluding hydrogens is 336 g/mol. The predicted molar refractivity (Wildman–Crippen MR) is 101 cm³/mol. The molecule has 0 saturated carbocycles. The maximum absolute atomic E-state index is 12.2. The summed E-state index contributed by atoms with van der Waals surface area (Å²) in [6, 6.07) is 11.0. The molecule has 1 amide bonds. The third kappa shape index (κ3) is 3.85. The van der Waals surface area contributed by atoms with Gasteiger partial charge in [-0.25, -0.2) is 4.99 Å². The van der Waals surface area contributed by atoms with Crippen LogP contribution in [0, 0.1) is 13.8 Å². The Morgan fingerprint density at radius 2 is 2.00 bits per heavy atom. The Kier molecular flexibility index (Phi) is 4.81. The number of carbonyl (C=O) groups excluding carboxylic acids is 1. The lowest BCUT2D eigenvalue weighted by atomic mass is 10.1. The number of nitrogens with zero attached hydrogens (tertiary/aromatic N) is 1. The summed E-state index contributed by atoms with van der Waals surface area (Å²) in [6.45, 7) is 3.99. The molecular formula is C19H18N2O3S. The normalized spacial score (nSPS) is 17.2. The topological polar surface area (TPSA) is 70.9 Å². The van der Waals surface area contributed by atoms with Gasteiger partial charge in [0, 0.05) is 0 Å². The number of aromatic hydroxyl groups is 1. The highest BCUT2D eigenvalue weighted by atomic mass is 32.2. The molecule has 0 atom stereocenters. The highest BCUT2D eigenvalue weighted by Crippen LogP contribution is 2.32. The van der Waals surface area contributed by atoms with E-state index in [1.165, 1.54) is 18.9 Å². The van der Waals surface area contributed by atoms with Gasteiger partial charge in [0.1, 0.15) is 0 Å². The number of amides is 1. The molecule has 0 bridgehead atoms. The van der Waals surface area contributed by atoms with Crippen molar-refractivity contribution >= 4 is 34.6 Å². The number of methoxy groups -OCH3 is 1. The Morgan fingerprint density at radius 3 is 2.72 bits per heavy atom. The van der Waals surface area contributed by atoms with Gasteiger partial charge in [-0.2, -0.15) is 0 Å². The Balaban J connectivity index is 1.86. The first-order valence-electron chi connectivity index (χ1n) is 7.70. The standard InChI is InChI=1S/C19H18N2O3S/c1-11-4-5-12(2)14(8-11)20-19-21-18(23)17(25-19)10-13-6-7-16(24-3)15(22)9-13/h4-10,22H,1-3H3,(H,20,21,23)/b17-10-. The van der Waals surface area contributed by atoms with Gasteiger partial charge < -0.3 is 15.2 Å². The zero-order chi connectivity index (χ0) is 18.0. The van der Waals surface area contributed by atoms with Gasteiger partial charge in [-0.15, -0.1) is 0 Å². The van der Waals surface area contributed by atoms with Crippen molar-refractivity contribution in [2.45, 2.75) is 13.8 Å². The fourth-order valence-corrected chi connectivity index (χ4v) is 3.21. The maximum atomic E-state index is 12.2. The van der Waals surface area contributed by atoms with Crippen molar-refractivity contribution in [3.05, 3.63) is 58.0 Å².